The van der Waals surface area contributed by atoms with Crippen LogP contribution < -0.4 is 4.90 Å². The molecule has 0 bridgehead atoms. The van der Waals surface area contributed by atoms with Crippen LogP contribution >= 0.6 is 0 Å². The maximum atomic E-state index is 4.29. The van der Waals surface area contributed by atoms with Crippen molar-refractivity contribution in [3.63, 3.8) is 0 Å². The third kappa shape index (κ3) is 3.23. The first-order valence-corrected chi connectivity index (χ1v) is 10.6. The van der Waals surface area contributed by atoms with Gasteiger partial charge in [0.2, 0.25) is 0 Å². The van der Waals surface area contributed by atoms with Crippen molar-refractivity contribution in [3.8, 4) is 11.1 Å². The first-order chi connectivity index (χ1) is 15.2. The molecule has 0 amide bonds. The predicted octanol–water partition coefficient (Wildman–Crippen LogP) is 5.13. The summed E-state index contributed by atoms with van der Waals surface area (Å²) in [4.78, 5) is 9.10. The Morgan fingerprint density at radius 1 is 0.806 bits per heavy atom. The lowest BCUT2D eigenvalue weighted by Crippen LogP contribution is -2.26. The molecule has 0 saturated carbocycles. The van der Waals surface area contributed by atoms with Crippen LogP contribution in [0, 0.1) is 0 Å². The van der Waals surface area contributed by atoms with Gasteiger partial charge in [-0.2, -0.15) is 5.10 Å². The van der Waals surface area contributed by atoms with Crippen molar-refractivity contribution < 1.29 is 0 Å². The van der Waals surface area contributed by atoms with E-state index in [9.17, 15) is 0 Å². The van der Waals surface area contributed by atoms with Crippen molar-refractivity contribution in [2.24, 2.45) is 0 Å². The smallest absolute Gasteiger partial charge is 0.155 e. The lowest BCUT2D eigenvalue weighted by atomic mass is 10.0. The summed E-state index contributed by atoms with van der Waals surface area (Å²) in [6.07, 6.45) is 3.64. The van der Waals surface area contributed by atoms with Crippen molar-refractivity contribution in [3.05, 3.63) is 90.9 Å². The Kier molecular flexibility index (Phi) is 4.21. The van der Waals surface area contributed by atoms with Crippen LogP contribution in [0.1, 0.15) is 5.56 Å². The Morgan fingerprint density at radius 2 is 1.68 bits per heavy atom. The van der Waals surface area contributed by atoms with Gasteiger partial charge < -0.3 is 9.80 Å². The van der Waals surface area contributed by atoms with Crippen molar-refractivity contribution in [2.75, 3.05) is 25.0 Å². The zero-order valence-corrected chi connectivity index (χ0v) is 17.4. The lowest BCUT2D eigenvalue weighted by Gasteiger charge is -2.25. The quantitative estimate of drug-likeness (QED) is 0.408. The molecule has 6 rings (SSSR count). The second kappa shape index (κ2) is 7.22. The first kappa shape index (κ1) is 18.1. The predicted molar refractivity (Wildman–Crippen MR) is 126 cm³/mol. The van der Waals surface area contributed by atoms with E-state index in [2.05, 4.69) is 93.7 Å². The molecule has 3 aromatic carbocycles. The summed E-state index contributed by atoms with van der Waals surface area (Å²) in [7, 11) is 2.20. The molecule has 0 unspecified atom stereocenters. The van der Waals surface area contributed by atoms with Gasteiger partial charge in [-0.1, -0.05) is 36.4 Å². The summed E-state index contributed by atoms with van der Waals surface area (Å²) >= 11 is 0. The molecule has 5 aromatic rings. The number of pyridine rings is 1. The molecule has 0 saturated heterocycles. The van der Waals surface area contributed by atoms with Gasteiger partial charge in [0.25, 0.3) is 0 Å². The molecule has 1 aliphatic heterocycles. The van der Waals surface area contributed by atoms with E-state index in [-0.39, 0.29) is 0 Å². The lowest BCUT2D eigenvalue weighted by molar-refractivity contribution is 0.343. The SMILES string of the molecule is CN1CCN(c2ccc3ccccc3c2)c2ccc(-c3ccc4ncnn4c3)cc2C1. The highest BCUT2D eigenvalue weighted by Crippen LogP contribution is 2.35. The summed E-state index contributed by atoms with van der Waals surface area (Å²) < 4.78 is 1.83. The molecule has 5 nitrogen and oxygen atoms in total. The number of aromatic nitrogens is 3. The highest BCUT2D eigenvalue weighted by atomic mass is 15.3. The fourth-order valence-electron chi connectivity index (χ4n) is 4.52. The Balaban J connectivity index is 1.44. The molecule has 0 radical (unpaired) electrons. The van der Waals surface area contributed by atoms with E-state index in [4.69, 9.17) is 0 Å². The minimum atomic E-state index is 0.862. The monoisotopic (exact) mass is 405 g/mol. The van der Waals surface area contributed by atoms with E-state index in [1.165, 1.54) is 33.3 Å². The molecule has 152 valence electrons. The van der Waals surface area contributed by atoms with Gasteiger partial charge in [0.1, 0.15) is 6.33 Å². The largest absolute Gasteiger partial charge is 0.340 e. The van der Waals surface area contributed by atoms with Crippen LogP contribution in [0.15, 0.2) is 85.3 Å². The summed E-state index contributed by atoms with van der Waals surface area (Å²) in [6, 6.07) is 26.3. The summed E-state index contributed by atoms with van der Waals surface area (Å²) in [5.41, 5.74) is 7.07. The maximum Gasteiger partial charge on any atom is 0.155 e. The Hall–Kier alpha value is -3.70. The molecular weight excluding hydrogens is 382 g/mol. The Morgan fingerprint density at radius 3 is 2.61 bits per heavy atom. The molecule has 0 atom stereocenters. The molecule has 5 heteroatoms. The van der Waals surface area contributed by atoms with Gasteiger partial charge in [-0.05, 0) is 65.3 Å². The number of benzene rings is 3. The zero-order chi connectivity index (χ0) is 20.8. The highest BCUT2D eigenvalue weighted by Gasteiger charge is 2.20. The summed E-state index contributed by atoms with van der Waals surface area (Å²) in [6.45, 7) is 2.91. The number of fused-ring (bicyclic) bond motifs is 3. The van der Waals surface area contributed by atoms with E-state index < -0.39 is 0 Å². The van der Waals surface area contributed by atoms with Crippen LogP contribution in [-0.4, -0.2) is 39.6 Å². The molecule has 3 heterocycles. The number of hydrogen-bond donors (Lipinski definition) is 0. The zero-order valence-electron chi connectivity index (χ0n) is 17.4. The normalized spacial score (nSPS) is 14.7. The van der Waals surface area contributed by atoms with Crippen molar-refractivity contribution >= 4 is 27.8 Å². The maximum absolute atomic E-state index is 4.29. The Bertz CT molecular complexity index is 1400. The van der Waals surface area contributed by atoms with Gasteiger partial charge in [0.15, 0.2) is 5.65 Å². The summed E-state index contributed by atoms with van der Waals surface area (Å²) in [5.74, 6) is 0. The average molecular weight is 406 g/mol. The van der Waals surface area contributed by atoms with Gasteiger partial charge >= 0.3 is 0 Å². The third-order valence-electron chi connectivity index (χ3n) is 6.17. The van der Waals surface area contributed by atoms with E-state index in [0.717, 1.165) is 30.8 Å². The van der Waals surface area contributed by atoms with Crippen molar-refractivity contribution in [1.29, 1.82) is 0 Å². The second-order valence-electron chi connectivity index (χ2n) is 8.24. The van der Waals surface area contributed by atoms with E-state index in [0.29, 0.717) is 0 Å². The van der Waals surface area contributed by atoms with Crippen LogP contribution in [0.4, 0.5) is 11.4 Å². The van der Waals surface area contributed by atoms with Crippen LogP contribution in [0.25, 0.3) is 27.5 Å². The highest BCUT2D eigenvalue weighted by molar-refractivity contribution is 5.87. The van der Waals surface area contributed by atoms with Crippen LogP contribution in [-0.2, 0) is 6.54 Å². The van der Waals surface area contributed by atoms with E-state index in [1.807, 2.05) is 16.8 Å². The van der Waals surface area contributed by atoms with Crippen LogP contribution in [0.5, 0.6) is 0 Å². The van der Waals surface area contributed by atoms with Gasteiger partial charge in [0.05, 0.1) is 0 Å². The second-order valence-corrected chi connectivity index (χ2v) is 8.24. The molecule has 1 aliphatic rings. The molecule has 2 aromatic heterocycles. The minimum absolute atomic E-state index is 0.862. The van der Waals surface area contributed by atoms with Gasteiger partial charge in [-0.15, -0.1) is 0 Å². The first-order valence-electron chi connectivity index (χ1n) is 10.6. The summed E-state index contributed by atoms with van der Waals surface area (Å²) in [5, 5.41) is 6.84. The number of hydrogen-bond acceptors (Lipinski definition) is 4. The molecule has 0 N–H and O–H groups in total. The van der Waals surface area contributed by atoms with Gasteiger partial charge in [-0.3, -0.25) is 0 Å². The fourth-order valence-corrected chi connectivity index (χ4v) is 4.52. The standard InChI is InChI=1S/C26H23N5/c1-29-12-13-30(24-9-6-19-4-2-3-5-20(19)15-24)25-10-7-21(14-23(25)16-29)22-8-11-26-27-18-28-31(26)17-22/h2-11,14-15,17-18H,12-13,16H2,1H3. The van der Waals surface area contributed by atoms with Crippen LogP contribution in [0.3, 0.4) is 0 Å². The van der Waals surface area contributed by atoms with Gasteiger partial charge in [0, 0.05) is 42.8 Å². The Labute approximate surface area is 181 Å². The number of rotatable bonds is 2. The molecule has 0 aliphatic carbocycles. The third-order valence-corrected chi connectivity index (χ3v) is 6.17. The number of nitrogens with zero attached hydrogens (tertiary/aromatic N) is 5. The van der Waals surface area contributed by atoms with E-state index in [1.54, 1.807) is 6.33 Å². The van der Waals surface area contributed by atoms with Crippen molar-refractivity contribution in [1.82, 2.24) is 19.5 Å². The number of anilines is 2. The minimum Gasteiger partial charge on any atom is -0.340 e. The number of likely N-dealkylation sites (N-methyl/N-ethyl adjacent to an activating group) is 1. The fraction of sp³-hybridized carbons (Fsp3) is 0.154. The molecule has 31 heavy (non-hydrogen) atoms. The van der Waals surface area contributed by atoms with Crippen molar-refractivity contribution in [2.45, 2.75) is 6.54 Å². The molecule has 0 spiro atoms. The van der Waals surface area contributed by atoms with E-state index >= 15 is 0 Å². The topological polar surface area (TPSA) is 36.7 Å². The van der Waals surface area contributed by atoms with Gasteiger partial charge in [-0.25, -0.2) is 9.50 Å². The average Bonchev–Trinajstić information content (AvgIpc) is 3.21. The molecular formula is C26H23N5. The van der Waals surface area contributed by atoms with Crippen LogP contribution in [0.2, 0.25) is 0 Å². The molecule has 0 fully saturated rings.